The van der Waals surface area contributed by atoms with Crippen LogP contribution in [0.15, 0.2) is 0 Å². The monoisotopic (exact) mass is 180 g/mol. The van der Waals surface area contributed by atoms with Crippen molar-refractivity contribution in [3.05, 3.63) is 0 Å². The van der Waals surface area contributed by atoms with Crippen LogP contribution in [0.5, 0.6) is 0 Å². The third-order valence-corrected chi connectivity index (χ3v) is 2.19. The summed E-state index contributed by atoms with van der Waals surface area (Å²) in [4.78, 5) is 0. The number of aliphatic hydroxyl groups excluding tert-OH is 1. The van der Waals surface area contributed by atoms with Crippen LogP contribution in [0.1, 0.15) is 39.5 Å². The molecule has 0 amide bonds. The molecular weight excluding hydrogens is 162 g/mol. The van der Waals surface area contributed by atoms with E-state index in [1.807, 2.05) is 13.8 Å². The Morgan fingerprint density at radius 1 is 1.25 bits per heavy atom. The molecule has 0 aliphatic heterocycles. The summed E-state index contributed by atoms with van der Waals surface area (Å²) in [6, 6.07) is 0. The summed E-state index contributed by atoms with van der Waals surface area (Å²) in [7, 11) is 0. The number of hydrogen-bond donors (Lipinski definition) is 1. The van der Waals surface area contributed by atoms with E-state index >= 15 is 0 Å². The molecule has 0 aliphatic rings. The molecule has 3 heteroatoms. The summed E-state index contributed by atoms with van der Waals surface area (Å²) in [5.41, 5.74) is 0. The molecule has 2 atom stereocenters. The highest BCUT2D eigenvalue weighted by Gasteiger charge is 2.25. The second-order valence-electron chi connectivity index (χ2n) is 3.14. The van der Waals surface area contributed by atoms with E-state index in [9.17, 15) is 8.78 Å². The zero-order valence-electron chi connectivity index (χ0n) is 7.76. The lowest BCUT2D eigenvalue weighted by molar-refractivity contribution is -0.0420. The van der Waals surface area contributed by atoms with Gasteiger partial charge in [-0.2, -0.15) is 0 Å². The van der Waals surface area contributed by atoms with Gasteiger partial charge in [0.1, 0.15) is 6.10 Å². The van der Waals surface area contributed by atoms with E-state index in [-0.39, 0.29) is 5.92 Å². The van der Waals surface area contributed by atoms with Gasteiger partial charge in [-0.05, 0) is 12.3 Å². The number of alkyl halides is 2. The molecule has 0 radical (unpaired) electrons. The predicted molar refractivity (Wildman–Crippen MR) is 45.3 cm³/mol. The van der Waals surface area contributed by atoms with Crippen molar-refractivity contribution in [2.45, 2.75) is 52.1 Å². The van der Waals surface area contributed by atoms with Crippen LogP contribution in [0.4, 0.5) is 8.78 Å². The Morgan fingerprint density at radius 3 is 2.17 bits per heavy atom. The lowest BCUT2D eigenvalue weighted by Gasteiger charge is -2.20. The molecule has 0 heterocycles. The highest BCUT2D eigenvalue weighted by Crippen LogP contribution is 2.21. The van der Waals surface area contributed by atoms with E-state index in [0.29, 0.717) is 12.8 Å². The zero-order chi connectivity index (χ0) is 9.56. The molecule has 0 spiro atoms. The van der Waals surface area contributed by atoms with Crippen molar-refractivity contribution in [3.8, 4) is 0 Å². The van der Waals surface area contributed by atoms with Gasteiger partial charge in [-0.15, -0.1) is 0 Å². The fourth-order valence-corrected chi connectivity index (χ4v) is 1.29. The minimum absolute atomic E-state index is 0.232. The third-order valence-electron chi connectivity index (χ3n) is 2.19. The van der Waals surface area contributed by atoms with E-state index in [1.54, 1.807) is 0 Å². The quantitative estimate of drug-likeness (QED) is 0.666. The van der Waals surface area contributed by atoms with Gasteiger partial charge in [0, 0.05) is 0 Å². The molecule has 0 rings (SSSR count). The Bertz CT molecular complexity index is 107. The average Bonchev–Trinajstić information content (AvgIpc) is 2.05. The Labute approximate surface area is 72.8 Å². The van der Waals surface area contributed by atoms with Crippen molar-refractivity contribution < 1.29 is 13.9 Å². The first kappa shape index (κ1) is 11.8. The van der Waals surface area contributed by atoms with Crippen molar-refractivity contribution in [1.29, 1.82) is 0 Å². The predicted octanol–water partition coefficient (Wildman–Crippen LogP) is 2.83. The highest BCUT2D eigenvalue weighted by molar-refractivity contribution is 4.69. The largest absolute Gasteiger partial charge is 0.387 e. The van der Waals surface area contributed by atoms with Gasteiger partial charge in [-0.1, -0.05) is 33.1 Å². The molecule has 1 unspecified atom stereocenters. The SMILES string of the molecule is CCCC[C@@H](CC)C(O)C(F)F. The Morgan fingerprint density at radius 2 is 1.83 bits per heavy atom. The Kier molecular flexibility index (Phi) is 6.25. The van der Waals surface area contributed by atoms with Crippen molar-refractivity contribution >= 4 is 0 Å². The first-order chi connectivity index (χ1) is 5.63. The average molecular weight is 180 g/mol. The number of rotatable bonds is 6. The summed E-state index contributed by atoms with van der Waals surface area (Å²) in [6.07, 6.45) is -0.771. The smallest absolute Gasteiger partial charge is 0.264 e. The normalized spacial score (nSPS) is 16.5. The fourth-order valence-electron chi connectivity index (χ4n) is 1.29. The standard InChI is InChI=1S/C9H18F2O/c1-3-5-6-7(4-2)8(12)9(10)11/h7-9,12H,3-6H2,1-2H3/t7-,8?/m1/s1. The zero-order valence-corrected chi connectivity index (χ0v) is 7.76. The maximum Gasteiger partial charge on any atom is 0.264 e. The van der Waals surface area contributed by atoms with Crippen LogP contribution in [0.3, 0.4) is 0 Å². The van der Waals surface area contributed by atoms with Crippen LogP contribution >= 0.6 is 0 Å². The van der Waals surface area contributed by atoms with Crippen molar-refractivity contribution in [2.24, 2.45) is 5.92 Å². The molecule has 12 heavy (non-hydrogen) atoms. The molecule has 1 nitrogen and oxygen atoms in total. The van der Waals surface area contributed by atoms with E-state index in [4.69, 9.17) is 5.11 Å². The molecule has 0 fully saturated rings. The summed E-state index contributed by atoms with van der Waals surface area (Å²) in [6.45, 7) is 3.85. The maximum atomic E-state index is 12.0. The van der Waals surface area contributed by atoms with Gasteiger partial charge in [0.05, 0.1) is 0 Å². The first-order valence-corrected chi connectivity index (χ1v) is 4.59. The molecule has 0 aromatic carbocycles. The molecule has 0 saturated carbocycles. The lowest BCUT2D eigenvalue weighted by Crippen LogP contribution is -2.27. The van der Waals surface area contributed by atoms with Gasteiger partial charge >= 0.3 is 0 Å². The van der Waals surface area contributed by atoms with Crippen molar-refractivity contribution in [1.82, 2.24) is 0 Å². The van der Waals surface area contributed by atoms with Gasteiger partial charge in [0.2, 0.25) is 0 Å². The minimum atomic E-state index is -2.59. The molecule has 74 valence electrons. The van der Waals surface area contributed by atoms with Crippen LogP contribution in [-0.2, 0) is 0 Å². The van der Waals surface area contributed by atoms with Crippen LogP contribution in [0.2, 0.25) is 0 Å². The van der Waals surface area contributed by atoms with Gasteiger partial charge in [-0.25, -0.2) is 8.78 Å². The van der Waals surface area contributed by atoms with E-state index < -0.39 is 12.5 Å². The molecular formula is C9H18F2O. The summed E-state index contributed by atoms with van der Waals surface area (Å²) >= 11 is 0. The number of unbranched alkanes of at least 4 members (excludes halogenated alkanes) is 1. The summed E-state index contributed by atoms with van der Waals surface area (Å²) in [5.74, 6) is -0.232. The molecule has 0 aliphatic carbocycles. The maximum absolute atomic E-state index is 12.0. The second kappa shape index (κ2) is 6.35. The topological polar surface area (TPSA) is 20.2 Å². The van der Waals surface area contributed by atoms with Gasteiger partial charge in [0.15, 0.2) is 0 Å². The molecule has 0 aromatic heterocycles. The van der Waals surface area contributed by atoms with Crippen LogP contribution in [0.25, 0.3) is 0 Å². The summed E-state index contributed by atoms with van der Waals surface area (Å²) < 4.78 is 24.1. The molecule has 0 aromatic rings. The Balaban J connectivity index is 3.79. The number of hydrogen-bond acceptors (Lipinski definition) is 1. The third kappa shape index (κ3) is 4.00. The molecule has 0 bridgehead atoms. The van der Waals surface area contributed by atoms with E-state index in [1.165, 1.54) is 0 Å². The summed E-state index contributed by atoms with van der Waals surface area (Å²) in [5, 5.41) is 9.06. The second-order valence-corrected chi connectivity index (χ2v) is 3.14. The van der Waals surface area contributed by atoms with Gasteiger partial charge in [-0.3, -0.25) is 0 Å². The van der Waals surface area contributed by atoms with Crippen LogP contribution in [0, 0.1) is 5.92 Å². The number of aliphatic hydroxyl groups is 1. The first-order valence-electron chi connectivity index (χ1n) is 4.59. The fraction of sp³-hybridized carbons (Fsp3) is 1.00. The van der Waals surface area contributed by atoms with Crippen molar-refractivity contribution in [2.75, 3.05) is 0 Å². The lowest BCUT2D eigenvalue weighted by atomic mass is 9.94. The van der Waals surface area contributed by atoms with E-state index in [2.05, 4.69) is 0 Å². The van der Waals surface area contributed by atoms with Crippen molar-refractivity contribution in [3.63, 3.8) is 0 Å². The van der Waals surface area contributed by atoms with Gasteiger partial charge < -0.3 is 5.11 Å². The highest BCUT2D eigenvalue weighted by atomic mass is 19.3. The molecule has 0 saturated heterocycles. The van der Waals surface area contributed by atoms with Crippen LogP contribution in [-0.4, -0.2) is 17.6 Å². The molecule has 1 N–H and O–H groups in total. The Hall–Kier alpha value is -0.180. The number of halogens is 2. The van der Waals surface area contributed by atoms with Crippen LogP contribution < -0.4 is 0 Å². The van der Waals surface area contributed by atoms with Gasteiger partial charge in [0.25, 0.3) is 6.43 Å². The van der Waals surface area contributed by atoms with E-state index in [0.717, 1.165) is 12.8 Å². The minimum Gasteiger partial charge on any atom is -0.387 e.